The van der Waals surface area contributed by atoms with E-state index in [0.29, 0.717) is 25.1 Å². The minimum atomic E-state index is -0.290. The molecule has 0 unspecified atom stereocenters. The number of benzene rings is 1. The molecule has 2 amide bonds. The molecule has 20 heavy (non-hydrogen) atoms. The molecule has 1 aromatic carbocycles. The third-order valence-corrected chi connectivity index (χ3v) is 3.26. The van der Waals surface area contributed by atoms with Crippen LogP contribution in [0, 0.1) is 11.3 Å². The van der Waals surface area contributed by atoms with Crippen molar-refractivity contribution in [1.82, 2.24) is 10.2 Å². The molecule has 0 aromatic heterocycles. The van der Waals surface area contributed by atoms with Gasteiger partial charge >= 0.3 is 0 Å². The number of nitrogens with one attached hydrogen (secondary N) is 1. The molecule has 0 atom stereocenters. The highest BCUT2D eigenvalue weighted by Gasteiger charge is 2.13. The molecule has 0 aliphatic rings. The number of likely N-dealkylation sites (N-methyl/N-ethyl adjacent to an activating group) is 1. The Labute approximate surface area is 126 Å². The van der Waals surface area contributed by atoms with Crippen molar-refractivity contribution in [2.24, 2.45) is 0 Å². The fourth-order valence-electron chi connectivity index (χ4n) is 1.62. The van der Waals surface area contributed by atoms with Crippen LogP contribution in [-0.2, 0) is 4.79 Å². The maximum atomic E-state index is 11.9. The van der Waals surface area contributed by atoms with Gasteiger partial charge in [0.05, 0.1) is 19.0 Å². The zero-order valence-electron chi connectivity index (χ0n) is 11.2. The molecule has 0 bridgehead atoms. The number of hydrogen-bond acceptors (Lipinski definition) is 3. The average molecular weight is 338 g/mol. The van der Waals surface area contributed by atoms with E-state index in [1.165, 1.54) is 0 Å². The normalized spacial score (nSPS) is 9.65. The van der Waals surface area contributed by atoms with E-state index in [-0.39, 0.29) is 18.4 Å². The molecule has 1 aromatic rings. The van der Waals surface area contributed by atoms with Crippen LogP contribution in [0.5, 0.6) is 0 Å². The molecule has 5 nitrogen and oxygen atoms in total. The molecule has 0 aliphatic heterocycles. The highest BCUT2D eigenvalue weighted by molar-refractivity contribution is 9.10. The van der Waals surface area contributed by atoms with Crippen molar-refractivity contribution >= 4 is 27.7 Å². The predicted molar refractivity (Wildman–Crippen MR) is 79.0 cm³/mol. The van der Waals surface area contributed by atoms with Crippen LogP contribution in [0.4, 0.5) is 0 Å². The van der Waals surface area contributed by atoms with Crippen LogP contribution in [0.1, 0.15) is 23.7 Å². The van der Waals surface area contributed by atoms with E-state index in [1.807, 2.05) is 13.0 Å². The van der Waals surface area contributed by atoms with Crippen molar-refractivity contribution in [1.29, 1.82) is 5.26 Å². The molecule has 6 heteroatoms. The lowest BCUT2D eigenvalue weighted by atomic mass is 10.2. The number of carbonyl (C=O) groups is 2. The predicted octanol–water partition coefficient (Wildman–Crippen LogP) is 1.94. The summed E-state index contributed by atoms with van der Waals surface area (Å²) < 4.78 is 0.888. The molecule has 0 aliphatic carbocycles. The smallest absolute Gasteiger partial charge is 0.251 e. The van der Waals surface area contributed by atoms with Crippen LogP contribution in [-0.4, -0.2) is 36.3 Å². The van der Waals surface area contributed by atoms with E-state index in [9.17, 15) is 9.59 Å². The Morgan fingerprint density at radius 3 is 2.55 bits per heavy atom. The van der Waals surface area contributed by atoms with E-state index < -0.39 is 0 Å². The first-order chi connectivity index (χ1) is 9.58. The Kier molecular flexibility index (Phi) is 6.74. The van der Waals surface area contributed by atoms with Crippen LogP contribution >= 0.6 is 15.9 Å². The molecule has 0 spiro atoms. The van der Waals surface area contributed by atoms with Crippen molar-refractivity contribution in [3.8, 4) is 6.07 Å². The summed E-state index contributed by atoms with van der Waals surface area (Å²) in [5, 5.41) is 11.1. The zero-order valence-corrected chi connectivity index (χ0v) is 12.8. The van der Waals surface area contributed by atoms with Crippen molar-refractivity contribution in [2.45, 2.75) is 13.3 Å². The van der Waals surface area contributed by atoms with Crippen molar-refractivity contribution < 1.29 is 9.59 Å². The van der Waals surface area contributed by atoms with Gasteiger partial charge in [0.1, 0.15) is 0 Å². The molecule has 1 rings (SSSR count). The summed E-state index contributed by atoms with van der Waals surface area (Å²) in [6.45, 7) is 2.69. The van der Waals surface area contributed by atoms with E-state index in [2.05, 4.69) is 21.2 Å². The van der Waals surface area contributed by atoms with Crippen LogP contribution in [0.3, 0.4) is 0 Å². The lowest BCUT2D eigenvalue weighted by Crippen LogP contribution is -2.40. The Hall–Kier alpha value is -1.87. The number of amides is 2. The number of halogens is 1. The topological polar surface area (TPSA) is 73.2 Å². The highest BCUT2D eigenvalue weighted by atomic mass is 79.9. The first kappa shape index (κ1) is 16.2. The van der Waals surface area contributed by atoms with Crippen LogP contribution in [0.2, 0.25) is 0 Å². The maximum Gasteiger partial charge on any atom is 0.251 e. The van der Waals surface area contributed by atoms with Crippen molar-refractivity contribution in [3.63, 3.8) is 0 Å². The van der Waals surface area contributed by atoms with Gasteiger partial charge in [-0.2, -0.15) is 5.26 Å². The molecule has 0 saturated carbocycles. The zero-order chi connectivity index (χ0) is 15.0. The second kappa shape index (κ2) is 8.33. The molecule has 1 N–H and O–H groups in total. The minimum absolute atomic E-state index is 0.0613. The van der Waals surface area contributed by atoms with E-state index in [1.54, 1.807) is 29.2 Å². The summed E-state index contributed by atoms with van der Waals surface area (Å²) in [7, 11) is 0. The summed E-state index contributed by atoms with van der Waals surface area (Å²) in [5.41, 5.74) is 0.501. The fraction of sp³-hybridized carbons (Fsp3) is 0.357. The van der Waals surface area contributed by atoms with Gasteiger partial charge in [-0.3, -0.25) is 9.59 Å². The van der Waals surface area contributed by atoms with Gasteiger partial charge in [0, 0.05) is 23.1 Å². The van der Waals surface area contributed by atoms with Gasteiger partial charge in [-0.05, 0) is 31.2 Å². The third-order valence-electron chi connectivity index (χ3n) is 2.73. The highest BCUT2D eigenvalue weighted by Crippen LogP contribution is 2.10. The van der Waals surface area contributed by atoms with Gasteiger partial charge in [0.25, 0.3) is 5.91 Å². The molecular formula is C14H16BrN3O2. The summed E-state index contributed by atoms with van der Waals surface area (Å²) in [6.07, 6.45) is 0.292. The van der Waals surface area contributed by atoms with Gasteiger partial charge < -0.3 is 10.2 Å². The molecule has 106 valence electrons. The Morgan fingerprint density at radius 2 is 2.00 bits per heavy atom. The van der Waals surface area contributed by atoms with Crippen LogP contribution in [0.25, 0.3) is 0 Å². The van der Waals surface area contributed by atoms with Crippen LogP contribution in [0.15, 0.2) is 28.7 Å². The molecule has 0 radical (unpaired) electrons. The van der Waals surface area contributed by atoms with Gasteiger partial charge in [-0.15, -0.1) is 0 Å². The fourth-order valence-corrected chi connectivity index (χ4v) is 1.88. The number of carbonyl (C=O) groups excluding carboxylic acids is 2. The van der Waals surface area contributed by atoms with Gasteiger partial charge in [0.2, 0.25) is 5.91 Å². The lowest BCUT2D eigenvalue weighted by Gasteiger charge is -2.19. The summed E-state index contributed by atoms with van der Waals surface area (Å²) in [5.74, 6) is -0.476. The van der Waals surface area contributed by atoms with Crippen LogP contribution < -0.4 is 5.32 Å². The van der Waals surface area contributed by atoms with Crippen molar-refractivity contribution in [3.05, 3.63) is 34.3 Å². The largest absolute Gasteiger partial charge is 0.343 e. The Balaban J connectivity index is 2.49. The summed E-state index contributed by atoms with van der Waals surface area (Å²) >= 11 is 3.29. The van der Waals surface area contributed by atoms with Gasteiger partial charge in [-0.1, -0.05) is 15.9 Å². The lowest BCUT2D eigenvalue weighted by molar-refractivity contribution is -0.129. The quantitative estimate of drug-likeness (QED) is 0.862. The maximum absolute atomic E-state index is 11.9. The molecule has 0 heterocycles. The standard InChI is InChI=1S/C14H16BrN3O2/c1-2-18(9-3-8-16)13(19)10-17-14(20)11-4-6-12(15)7-5-11/h4-7H,2-3,9-10H2,1H3,(H,17,20). The second-order valence-electron chi connectivity index (χ2n) is 4.07. The van der Waals surface area contributed by atoms with E-state index >= 15 is 0 Å². The molecule has 0 saturated heterocycles. The molecular weight excluding hydrogens is 322 g/mol. The third kappa shape index (κ3) is 5.02. The van der Waals surface area contributed by atoms with E-state index in [4.69, 9.17) is 5.26 Å². The second-order valence-corrected chi connectivity index (χ2v) is 4.99. The van der Waals surface area contributed by atoms with E-state index in [0.717, 1.165) is 4.47 Å². The number of nitrogens with zero attached hydrogens (tertiary/aromatic N) is 2. The molecule has 0 fully saturated rings. The summed E-state index contributed by atoms with van der Waals surface area (Å²) in [4.78, 5) is 25.2. The average Bonchev–Trinajstić information content (AvgIpc) is 2.46. The Bertz CT molecular complexity index is 508. The van der Waals surface area contributed by atoms with Crippen molar-refractivity contribution in [2.75, 3.05) is 19.6 Å². The van der Waals surface area contributed by atoms with Gasteiger partial charge in [0.15, 0.2) is 0 Å². The minimum Gasteiger partial charge on any atom is -0.343 e. The first-order valence-electron chi connectivity index (χ1n) is 6.27. The Morgan fingerprint density at radius 1 is 1.35 bits per heavy atom. The summed E-state index contributed by atoms with van der Waals surface area (Å²) in [6, 6.07) is 8.88. The number of rotatable bonds is 6. The SMILES string of the molecule is CCN(CCC#N)C(=O)CNC(=O)c1ccc(Br)cc1. The number of hydrogen-bond donors (Lipinski definition) is 1. The van der Waals surface area contributed by atoms with Gasteiger partial charge in [-0.25, -0.2) is 0 Å². The monoisotopic (exact) mass is 337 g/mol. The number of nitriles is 1. The first-order valence-corrected chi connectivity index (χ1v) is 7.06.